The first-order valence-electron chi connectivity index (χ1n) is 5.88. The first-order valence-corrected chi connectivity index (χ1v) is 5.88. The second-order valence-electron chi connectivity index (χ2n) is 4.03. The fourth-order valence-electron chi connectivity index (χ4n) is 1.56. The summed E-state index contributed by atoms with van der Waals surface area (Å²) in [5.41, 5.74) is 0.207. The van der Waals surface area contributed by atoms with Crippen LogP contribution in [0.25, 0.3) is 6.08 Å². The second-order valence-corrected chi connectivity index (χ2v) is 4.03. The Labute approximate surface area is 119 Å². The molecule has 4 nitrogen and oxygen atoms in total. The van der Waals surface area contributed by atoms with E-state index in [9.17, 15) is 13.6 Å². The Morgan fingerprint density at radius 3 is 2.57 bits per heavy atom. The largest absolute Gasteiger partial charge is 0.319 e. The number of carbonyl (C=O) groups excluding carboxylic acids is 1. The topological polar surface area (TPSA) is 65.8 Å². The number of aromatic nitrogens is 1. The highest BCUT2D eigenvalue weighted by molar-refractivity contribution is 6.09. The number of carbonyl (C=O) groups is 1. The fraction of sp³-hybridized carbons (Fsp3) is 0. The molecule has 1 aromatic carbocycles. The number of hydrogen-bond donors (Lipinski definition) is 1. The van der Waals surface area contributed by atoms with Crippen molar-refractivity contribution in [1.29, 1.82) is 5.26 Å². The Hall–Kier alpha value is -3.07. The van der Waals surface area contributed by atoms with Gasteiger partial charge in [-0.1, -0.05) is 0 Å². The molecule has 1 N–H and O–H groups in total. The molecule has 0 fully saturated rings. The lowest BCUT2D eigenvalue weighted by Gasteiger charge is -2.05. The third kappa shape index (κ3) is 3.70. The Morgan fingerprint density at radius 2 is 1.95 bits per heavy atom. The zero-order chi connectivity index (χ0) is 15.2. The van der Waals surface area contributed by atoms with E-state index >= 15 is 0 Å². The highest BCUT2D eigenvalue weighted by Gasteiger charge is 2.12. The van der Waals surface area contributed by atoms with Gasteiger partial charge >= 0.3 is 0 Å². The summed E-state index contributed by atoms with van der Waals surface area (Å²) in [6.07, 6.45) is 4.37. The van der Waals surface area contributed by atoms with E-state index in [0.29, 0.717) is 11.6 Å². The van der Waals surface area contributed by atoms with E-state index in [1.54, 1.807) is 18.2 Å². The van der Waals surface area contributed by atoms with Crippen molar-refractivity contribution >= 4 is 17.7 Å². The SMILES string of the molecule is N#C/C(=C\c1ccncc1)C(=O)Nc1ccc(F)cc1F. The lowest BCUT2D eigenvalue weighted by atomic mass is 10.1. The van der Waals surface area contributed by atoms with Crippen molar-refractivity contribution in [3.63, 3.8) is 0 Å². The standard InChI is InChI=1S/C15H9F2N3O/c16-12-1-2-14(13(17)8-12)20-15(21)11(9-18)7-10-3-5-19-6-4-10/h1-8H,(H,20,21)/b11-7+. The molecule has 2 rings (SSSR count). The normalized spacial score (nSPS) is 10.8. The first kappa shape index (κ1) is 14.3. The minimum absolute atomic E-state index is 0.197. The van der Waals surface area contributed by atoms with E-state index in [0.717, 1.165) is 12.1 Å². The van der Waals surface area contributed by atoms with Crippen molar-refractivity contribution in [1.82, 2.24) is 4.98 Å². The summed E-state index contributed by atoms with van der Waals surface area (Å²) >= 11 is 0. The molecule has 1 heterocycles. The average molecular weight is 285 g/mol. The predicted octanol–water partition coefficient (Wildman–Crippen LogP) is 2.91. The van der Waals surface area contributed by atoms with Crippen LogP contribution in [0.4, 0.5) is 14.5 Å². The van der Waals surface area contributed by atoms with Gasteiger partial charge in [-0.3, -0.25) is 9.78 Å². The van der Waals surface area contributed by atoms with E-state index in [4.69, 9.17) is 5.26 Å². The second kappa shape index (κ2) is 6.39. The van der Waals surface area contributed by atoms with Gasteiger partial charge in [0, 0.05) is 18.5 Å². The summed E-state index contributed by atoms with van der Waals surface area (Å²) in [7, 11) is 0. The van der Waals surface area contributed by atoms with E-state index < -0.39 is 17.5 Å². The molecule has 2 aromatic rings. The van der Waals surface area contributed by atoms with Crippen LogP contribution < -0.4 is 5.32 Å². The number of anilines is 1. The monoisotopic (exact) mass is 285 g/mol. The maximum absolute atomic E-state index is 13.4. The third-order valence-electron chi connectivity index (χ3n) is 2.56. The highest BCUT2D eigenvalue weighted by Crippen LogP contribution is 2.16. The van der Waals surface area contributed by atoms with Crippen LogP contribution >= 0.6 is 0 Å². The van der Waals surface area contributed by atoms with E-state index in [-0.39, 0.29) is 11.3 Å². The van der Waals surface area contributed by atoms with Crippen LogP contribution in [0.15, 0.2) is 48.3 Å². The lowest BCUT2D eigenvalue weighted by molar-refractivity contribution is -0.112. The smallest absolute Gasteiger partial charge is 0.266 e. The Kier molecular flexibility index (Phi) is 4.36. The number of halogens is 2. The molecule has 0 aliphatic heterocycles. The van der Waals surface area contributed by atoms with Crippen LogP contribution in [0, 0.1) is 23.0 Å². The summed E-state index contributed by atoms with van der Waals surface area (Å²) in [6, 6.07) is 7.71. The van der Waals surface area contributed by atoms with Gasteiger partial charge in [0.25, 0.3) is 5.91 Å². The van der Waals surface area contributed by atoms with Crippen LogP contribution in [0.2, 0.25) is 0 Å². The van der Waals surface area contributed by atoms with Crippen molar-refractivity contribution in [2.24, 2.45) is 0 Å². The molecule has 0 unspecified atom stereocenters. The quantitative estimate of drug-likeness (QED) is 0.696. The molecule has 21 heavy (non-hydrogen) atoms. The summed E-state index contributed by atoms with van der Waals surface area (Å²) in [4.78, 5) is 15.7. The zero-order valence-corrected chi connectivity index (χ0v) is 10.7. The zero-order valence-electron chi connectivity index (χ0n) is 10.7. The van der Waals surface area contributed by atoms with Gasteiger partial charge in [0.1, 0.15) is 23.3 Å². The van der Waals surface area contributed by atoms with E-state index in [1.807, 2.05) is 0 Å². The number of rotatable bonds is 3. The van der Waals surface area contributed by atoms with Crippen LogP contribution in [0.1, 0.15) is 5.56 Å². The molecule has 0 aliphatic rings. The maximum atomic E-state index is 13.4. The lowest BCUT2D eigenvalue weighted by Crippen LogP contribution is -2.14. The summed E-state index contributed by atoms with van der Waals surface area (Å²) < 4.78 is 26.2. The maximum Gasteiger partial charge on any atom is 0.266 e. The molecule has 0 spiro atoms. The van der Waals surface area contributed by atoms with Crippen molar-refractivity contribution in [3.05, 3.63) is 65.5 Å². The predicted molar refractivity (Wildman–Crippen MR) is 72.8 cm³/mol. The van der Waals surface area contributed by atoms with Gasteiger partial charge in [-0.15, -0.1) is 0 Å². The molecule has 0 aliphatic carbocycles. The van der Waals surface area contributed by atoms with Crippen molar-refractivity contribution in [2.45, 2.75) is 0 Å². The van der Waals surface area contributed by atoms with Gasteiger partial charge < -0.3 is 5.32 Å². The van der Waals surface area contributed by atoms with Gasteiger partial charge in [-0.05, 0) is 35.9 Å². The fourth-order valence-corrected chi connectivity index (χ4v) is 1.56. The van der Waals surface area contributed by atoms with Crippen molar-refractivity contribution in [3.8, 4) is 6.07 Å². The number of benzene rings is 1. The molecule has 0 atom stereocenters. The molecule has 1 amide bonds. The molecule has 0 radical (unpaired) electrons. The van der Waals surface area contributed by atoms with Crippen molar-refractivity contribution in [2.75, 3.05) is 5.32 Å². The number of pyridine rings is 1. The Morgan fingerprint density at radius 1 is 1.24 bits per heavy atom. The van der Waals surface area contributed by atoms with Crippen LogP contribution in [-0.4, -0.2) is 10.9 Å². The van der Waals surface area contributed by atoms with Gasteiger partial charge in [-0.2, -0.15) is 5.26 Å². The van der Waals surface area contributed by atoms with Crippen molar-refractivity contribution < 1.29 is 13.6 Å². The Balaban J connectivity index is 2.22. The molecular weight excluding hydrogens is 276 g/mol. The molecule has 0 bridgehead atoms. The summed E-state index contributed by atoms with van der Waals surface area (Å²) in [6.45, 7) is 0. The molecule has 6 heteroatoms. The number of nitriles is 1. The number of nitrogens with one attached hydrogen (secondary N) is 1. The molecule has 0 saturated carbocycles. The average Bonchev–Trinajstić information content (AvgIpc) is 2.48. The molecule has 1 aromatic heterocycles. The summed E-state index contributed by atoms with van der Waals surface area (Å²) in [5, 5.41) is 11.2. The number of amides is 1. The van der Waals surface area contributed by atoms with Crippen LogP contribution in [-0.2, 0) is 4.79 Å². The van der Waals surface area contributed by atoms with Crippen LogP contribution in [0.5, 0.6) is 0 Å². The summed E-state index contributed by atoms with van der Waals surface area (Å²) in [5.74, 6) is -2.44. The van der Waals surface area contributed by atoms with Gasteiger partial charge in [0.15, 0.2) is 0 Å². The third-order valence-corrected chi connectivity index (χ3v) is 2.56. The minimum atomic E-state index is -0.912. The molecule has 0 saturated heterocycles. The van der Waals surface area contributed by atoms with Gasteiger partial charge in [0.05, 0.1) is 5.69 Å². The highest BCUT2D eigenvalue weighted by atomic mass is 19.1. The van der Waals surface area contributed by atoms with E-state index in [2.05, 4.69) is 10.3 Å². The number of hydrogen-bond acceptors (Lipinski definition) is 3. The van der Waals surface area contributed by atoms with E-state index in [1.165, 1.54) is 18.5 Å². The first-order chi connectivity index (χ1) is 10.1. The van der Waals surface area contributed by atoms with Crippen LogP contribution in [0.3, 0.4) is 0 Å². The number of nitrogens with zero attached hydrogens (tertiary/aromatic N) is 2. The molecular formula is C15H9F2N3O. The Bertz CT molecular complexity index is 736. The molecule has 104 valence electrons. The minimum Gasteiger partial charge on any atom is -0.319 e. The van der Waals surface area contributed by atoms with Gasteiger partial charge in [0.2, 0.25) is 0 Å². The van der Waals surface area contributed by atoms with Gasteiger partial charge in [-0.25, -0.2) is 8.78 Å².